The Kier molecular flexibility index (Phi) is 8.72. The van der Waals surface area contributed by atoms with Crippen LogP contribution in [0.25, 0.3) is 10.6 Å². The summed E-state index contributed by atoms with van der Waals surface area (Å²) in [6.45, 7) is 7.67. The van der Waals surface area contributed by atoms with Gasteiger partial charge >= 0.3 is 12.0 Å². The largest absolute Gasteiger partial charge is 0.459 e. The molecular formula is C26H32ClN7O5S. The third kappa shape index (κ3) is 6.65. The van der Waals surface area contributed by atoms with E-state index in [0.29, 0.717) is 34.9 Å². The lowest BCUT2D eigenvalue weighted by Crippen LogP contribution is -2.46. The molecule has 0 atom stereocenters. The Hall–Kier alpha value is -3.42. The number of esters is 1. The molecule has 0 aromatic carbocycles. The third-order valence-electron chi connectivity index (χ3n) is 7.04. The summed E-state index contributed by atoms with van der Waals surface area (Å²) in [6, 6.07) is 7.11. The maximum Gasteiger partial charge on any atom is 0.358 e. The molecule has 12 nitrogen and oxygen atoms in total. The van der Waals surface area contributed by atoms with Crippen LogP contribution in [0.5, 0.6) is 0 Å². The SMILES string of the molecule is CC(C)N1CCC(NC(=O)c2cc(C(=O)OCCN3CCNC3=O)nn2Cc2cc(-c3ccc(Cl)s3)on2)CC1. The van der Waals surface area contributed by atoms with Crippen LogP contribution in [-0.2, 0) is 11.3 Å². The van der Waals surface area contributed by atoms with Gasteiger partial charge in [0.25, 0.3) is 5.91 Å². The lowest BCUT2D eigenvalue weighted by Gasteiger charge is -2.34. The predicted octanol–water partition coefficient (Wildman–Crippen LogP) is 3.09. The van der Waals surface area contributed by atoms with E-state index in [9.17, 15) is 14.4 Å². The van der Waals surface area contributed by atoms with E-state index in [1.165, 1.54) is 22.1 Å². The Morgan fingerprint density at radius 2 is 2.05 bits per heavy atom. The average Bonchev–Trinajstić information content (AvgIpc) is 3.73. The number of nitrogens with one attached hydrogen (secondary N) is 2. The highest BCUT2D eigenvalue weighted by molar-refractivity contribution is 7.19. The van der Waals surface area contributed by atoms with Crippen molar-refractivity contribution >= 4 is 40.8 Å². The van der Waals surface area contributed by atoms with Crippen LogP contribution in [-0.4, -0.2) is 94.1 Å². The van der Waals surface area contributed by atoms with E-state index in [1.54, 1.807) is 17.0 Å². The predicted molar refractivity (Wildman–Crippen MR) is 149 cm³/mol. The van der Waals surface area contributed by atoms with Gasteiger partial charge in [0, 0.05) is 50.4 Å². The average molecular weight is 590 g/mol. The second-order valence-corrected chi connectivity index (χ2v) is 11.8. The Morgan fingerprint density at radius 1 is 1.25 bits per heavy atom. The number of carbonyl (C=O) groups is 3. The number of urea groups is 1. The Bertz CT molecular complexity index is 1360. The van der Waals surface area contributed by atoms with Crippen LogP contribution in [0.2, 0.25) is 4.34 Å². The standard InChI is InChI=1S/C26H32ClN7O5S/c1-16(2)32-8-5-17(6-9-32)29-24(35)20-14-19(25(36)38-12-11-33-10-7-28-26(33)37)30-34(20)15-18-13-21(39-31-18)22-3-4-23(27)40-22/h3-4,13-14,16-17H,5-12,15H2,1-2H3,(H,28,37)(H,29,35). The number of nitrogens with zero attached hydrogens (tertiary/aromatic N) is 5. The molecule has 2 fully saturated rings. The number of carbonyl (C=O) groups excluding carboxylic acids is 3. The van der Waals surface area contributed by atoms with Crippen molar-refractivity contribution in [2.75, 3.05) is 39.3 Å². The van der Waals surface area contributed by atoms with Crippen molar-refractivity contribution in [3.8, 4) is 10.6 Å². The second kappa shape index (κ2) is 12.4. The fourth-order valence-corrected chi connectivity index (χ4v) is 5.78. The Morgan fingerprint density at radius 3 is 2.73 bits per heavy atom. The van der Waals surface area contributed by atoms with Crippen LogP contribution in [0.1, 0.15) is 53.4 Å². The summed E-state index contributed by atoms with van der Waals surface area (Å²) in [6.07, 6.45) is 1.68. The molecule has 0 spiro atoms. The number of piperidine rings is 1. The molecule has 5 heterocycles. The van der Waals surface area contributed by atoms with Gasteiger partial charge in [0.1, 0.15) is 18.0 Å². The molecule has 0 saturated carbocycles. The molecule has 40 heavy (non-hydrogen) atoms. The zero-order chi connectivity index (χ0) is 28.2. The number of aromatic nitrogens is 3. The van der Waals surface area contributed by atoms with Gasteiger partial charge in [-0.05, 0) is 38.8 Å². The van der Waals surface area contributed by atoms with E-state index in [1.807, 2.05) is 6.07 Å². The number of hydrogen-bond donors (Lipinski definition) is 2. The van der Waals surface area contributed by atoms with Gasteiger partial charge in [-0.15, -0.1) is 11.3 Å². The lowest BCUT2D eigenvalue weighted by molar-refractivity contribution is 0.0473. The summed E-state index contributed by atoms with van der Waals surface area (Å²) >= 11 is 7.41. The smallest absolute Gasteiger partial charge is 0.358 e. The fraction of sp³-hybridized carbons (Fsp3) is 0.500. The van der Waals surface area contributed by atoms with Crippen LogP contribution in [0.3, 0.4) is 0 Å². The summed E-state index contributed by atoms with van der Waals surface area (Å²) in [7, 11) is 0. The molecule has 2 aliphatic rings. The molecular weight excluding hydrogens is 558 g/mol. The Balaban J connectivity index is 1.29. The molecule has 0 bridgehead atoms. The fourth-order valence-electron chi connectivity index (χ4n) is 4.79. The van der Waals surface area contributed by atoms with Gasteiger partial charge in [-0.2, -0.15) is 5.10 Å². The quantitative estimate of drug-likeness (QED) is 0.345. The summed E-state index contributed by atoms with van der Waals surface area (Å²) in [5, 5.41) is 14.3. The zero-order valence-electron chi connectivity index (χ0n) is 22.4. The van der Waals surface area contributed by atoms with Gasteiger partial charge in [-0.1, -0.05) is 16.8 Å². The van der Waals surface area contributed by atoms with Crippen LogP contribution >= 0.6 is 22.9 Å². The normalized spacial score (nSPS) is 16.5. The molecule has 2 N–H and O–H groups in total. The van der Waals surface area contributed by atoms with Gasteiger partial charge < -0.3 is 29.7 Å². The molecule has 0 unspecified atom stereocenters. The van der Waals surface area contributed by atoms with Gasteiger partial charge in [0.05, 0.1) is 22.3 Å². The first kappa shape index (κ1) is 28.1. The number of amides is 3. The van der Waals surface area contributed by atoms with Crippen LogP contribution in [0.15, 0.2) is 28.8 Å². The zero-order valence-corrected chi connectivity index (χ0v) is 24.0. The van der Waals surface area contributed by atoms with E-state index in [-0.39, 0.29) is 49.1 Å². The molecule has 3 amide bonds. The molecule has 214 valence electrons. The minimum Gasteiger partial charge on any atom is -0.459 e. The maximum absolute atomic E-state index is 13.4. The maximum atomic E-state index is 13.4. The number of hydrogen-bond acceptors (Lipinski definition) is 9. The van der Waals surface area contributed by atoms with Crippen molar-refractivity contribution in [2.45, 2.75) is 45.3 Å². The van der Waals surface area contributed by atoms with Crippen LogP contribution in [0.4, 0.5) is 4.79 Å². The highest BCUT2D eigenvalue weighted by atomic mass is 35.5. The van der Waals surface area contributed by atoms with Crippen LogP contribution in [0, 0.1) is 0 Å². The third-order valence-corrected chi connectivity index (χ3v) is 8.29. The first-order chi connectivity index (χ1) is 19.3. The Labute approximate surface area is 240 Å². The molecule has 0 aliphatic carbocycles. The summed E-state index contributed by atoms with van der Waals surface area (Å²) in [4.78, 5) is 42.7. The monoisotopic (exact) mass is 589 g/mol. The van der Waals surface area contributed by atoms with Gasteiger partial charge in [-0.3, -0.25) is 9.48 Å². The molecule has 0 radical (unpaired) electrons. The molecule has 5 rings (SSSR count). The highest BCUT2D eigenvalue weighted by Crippen LogP contribution is 2.31. The van der Waals surface area contributed by atoms with E-state index >= 15 is 0 Å². The first-order valence-corrected chi connectivity index (χ1v) is 14.5. The molecule has 3 aromatic heterocycles. The molecule has 2 aliphatic heterocycles. The number of ether oxygens (including phenoxy) is 1. The second-order valence-electron chi connectivity index (χ2n) is 10.1. The number of rotatable bonds is 10. The molecule has 2 saturated heterocycles. The van der Waals surface area contributed by atoms with E-state index in [4.69, 9.17) is 20.9 Å². The summed E-state index contributed by atoms with van der Waals surface area (Å²) in [5.41, 5.74) is 0.752. The van der Waals surface area contributed by atoms with Crippen molar-refractivity contribution in [3.05, 3.63) is 45.7 Å². The van der Waals surface area contributed by atoms with Crippen molar-refractivity contribution in [1.29, 1.82) is 0 Å². The van der Waals surface area contributed by atoms with Crippen molar-refractivity contribution < 1.29 is 23.6 Å². The van der Waals surface area contributed by atoms with Crippen molar-refractivity contribution in [2.24, 2.45) is 0 Å². The first-order valence-electron chi connectivity index (χ1n) is 13.3. The van der Waals surface area contributed by atoms with E-state index in [2.05, 4.69) is 39.6 Å². The topological polar surface area (TPSA) is 135 Å². The van der Waals surface area contributed by atoms with E-state index in [0.717, 1.165) is 30.8 Å². The van der Waals surface area contributed by atoms with Crippen molar-refractivity contribution in [3.63, 3.8) is 0 Å². The van der Waals surface area contributed by atoms with Crippen LogP contribution < -0.4 is 10.6 Å². The van der Waals surface area contributed by atoms with Gasteiger partial charge in [0.2, 0.25) is 0 Å². The minimum absolute atomic E-state index is 0.000549. The number of likely N-dealkylation sites (tertiary alicyclic amines) is 1. The van der Waals surface area contributed by atoms with Gasteiger partial charge in [0.15, 0.2) is 11.5 Å². The lowest BCUT2D eigenvalue weighted by atomic mass is 10.0. The van der Waals surface area contributed by atoms with Gasteiger partial charge in [-0.25, -0.2) is 9.59 Å². The summed E-state index contributed by atoms with van der Waals surface area (Å²) < 4.78 is 12.9. The highest BCUT2D eigenvalue weighted by Gasteiger charge is 2.27. The molecule has 3 aromatic rings. The number of halogens is 1. The number of thiophene rings is 1. The molecule has 14 heteroatoms. The van der Waals surface area contributed by atoms with E-state index < -0.39 is 5.97 Å². The van der Waals surface area contributed by atoms with Crippen molar-refractivity contribution in [1.82, 2.24) is 35.4 Å². The minimum atomic E-state index is -0.674. The summed E-state index contributed by atoms with van der Waals surface area (Å²) in [5.74, 6) is -0.448.